The van der Waals surface area contributed by atoms with E-state index in [1.54, 1.807) is 0 Å². The summed E-state index contributed by atoms with van der Waals surface area (Å²) < 4.78 is 0. The van der Waals surface area contributed by atoms with Gasteiger partial charge in [0.1, 0.15) is 5.25 Å². The number of amidine groups is 1. The lowest BCUT2D eigenvalue weighted by atomic mass is 10.1. The normalized spacial score (nSPS) is 20.1. The highest BCUT2D eigenvalue weighted by Crippen LogP contribution is 2.40. The summed E-state index contributed by atoms with van der Waals surface area (Å²) in [4.78, 5) is 32.4. The van der Waals surface area contributed by atoms with E-state index in [2.05, 4.69) is 18.3 Å². The van der Waals surface area contributed by atoms with Crippen LogP contribution in [0.15, 0.2) is 41.4 Å². The Balaban J connectivity index is 1.52. The van der Waals surface area contributed by atoms with E-state index >= 15 is 0 Å². The predicted molar refractivity (Wildman–Crippen MR) is 123 cm³/mol. The molecule has 0 aromatic heterocycles. The first-order chi connectivity index (χ1) is 14.3. The van der Waals surface area contributed by atoms with Gasteiger partial charge in [-0.05, 0) is 69.4 Å². The number of aliphatic imine (C=N–C) groups is 1. The van der Waals surface area contributed by atoms with E-state index in [1.807, 2.05) is 56.0 Å². The maximum absolute atomic E-state index is 13.1. The van der Waals surface area contributed by atoms with Gasteiger partial charge in [-0.3, -0.25) is 14.5 Å². The minimum atomic E-state index is -0.430. The number of aryl methyl sites for hydroxylation is 4. The van der Waals surface area contributed by atoms with Crippen LogP contribution in [0, 0.1) is 27.7 Å². The Morgan fingerprint density at radius 3 is 2.47 bits per heavy atom. The molecule has 2 aliphatic rings. The molecule has 0 bridgehead atoms. The molecule has 1 saturated heterocycles. The van der Waals surface area contributed by atoms with Gasteiger partial charge in [-0.15, -0.1) is 0 Å². The molecule has 2 aromatic carbocycles. The maximum Gasteiger partial charge on any atom is 0.242 e. The van der Waals surface area contributed by atoms with Crippen LogP contribution >= 0.6 is 11.8 Å². The number of hydrogen-bond acceptors (Lipinski definition) is 4. The van der Waals surface area contributed by atoms with Crippen LogP contribution in [0.5, 0.6) is 0 Å². The first-order valence-electron chi connectivity index (χ1n) is 10.3. The van der Waals surface area contributed by atoms with Gasteiger partial charge in [-0.2, -0.15) is 0 Å². The number of rotatable bonds is 5. The molecule has 156 valence electrons. The zero-order chi connectivity index (χ0) is 21.4. The Hall–Kier alpha value is -2.60. The average Bonchev–Trinajstić information content (AvgIpc) is 3.46. The quantitative estimate of drug-likeness (QED) is 0.735. The van der Waals surface area contributed by atoms with Crippen LogP contribution in [-0.4, -0.2) is 33.2 Å². The second-order valence-corrected chi connectivity index (χ2v) is 9.47. The van der Waals surface area contributed by atoms with Gasteiger partial charge in [-0.25, -0.2) is 4.99 Å². The molecular formula is C24H27N3O2S. The molecule has 1 unspecified atom stereocenters. The molecule has 1 heterocycles. The van der Waals surface area contributed by atoms with Crippen molar-refractivity contribution in [2.45, 2.75) is 58.2 Å². The van der Waals surface area contributed by atoms with Crippen molar-refractivity contribution in [3.05, 3.63) is 58.7 Å². The molecule has 1 N–H and O–H groups in total. The highest BCUT2D eigenvalue weighted by atomic mass is 32.2. The molecular weight excluding hydrogens is 394 g/mol. The molecule has 5 nitrogen and oxygen atoms in total. The summed E-state index contributed by atoms with van der Waals surface area (Å²) in [6.45, 7) is 8.05. The van der Waals surface area contributed by atoms with E-state index in [0.717, 1.165) is 46.1 Å². The standard InChI is InChI=1S/C24H27N3O2S/c1-14-6-10-19(17(4)11-14)26-24-27(18-8-9-18)23(29)21(30-24)13-22(28)25-20-12-15(2)5-7-16(20)3/h5-7,10-12,18,21H,8-9,13H2,1-4H3,(H,25,28). The van der Waals surface area contributed by atoms with Crippen molar-refractivity contribution in [1.29, 1.82) is 0 Å². The van der Waals surface area contributed by atoms with Crippen molar-refractivity contribution in [3.63, 3.8) is 0 Å². The number of hydrogen-bond donors (Lipinski definition) is 1. The number of nitrogens with zero attached hydrogens (tertiary/aromatic N) is 2. The summed E-state index contributed by atoms with van der Waals surface area (Å²) in [6.07, 6.45) is 2.14. The van der Waals surface area contributed by atoms with Crippen molar-refractivity contribution in [3.8, 4) is 0 Å². The number of amides is 2. The summed E-state index contributed by atoms with van der Waals surface area (Å²) in [5, 5.41) is 3.27. The fraction of sp³-hybridized carbons (Fsp3) is 0.375. The minimum absolute atomic E-state index is 0.00197. The summed E-state index contributed by atoms with van der Waals surface area (Å²) in [7, 11) is 0. The predicted octanol–water partition coefficient (Wildman–Crippen LogP) is 5.04. The van der Waals surface area contributed by atoms with Crippen LogP contribution in [-0.2, 0) is 9.59 Å². The van der Waals surface area contributed by atoms with Gasteiger partial charge in [-0.1, -0.05) is 41.6 Å². The first kappa shape index (κ1) is 20.7. The van der Waals surface area contributed by atoms with E-state index in [4.69, 9.17) is 4.99 Å². The molecule has 0 spiro atoms. The number of benzene rings is 2. The van der Waals surface area contributed by atoms with Gasteiger partial charge in [0.2, 0.25) is 11.8 Å². The van der Waals surface area contributed by atoms with Crippen LogP contribution in [0.4, 0.5) is 11.4 Å². The van der Waals surface area contributed by atoms with E-state index in [0.29, 0.717) is 0 Å². The van der Waals surface area contributed by atoms with Crippen molar-refractivity contribution < 1.29 is 9.59 Å². The Labute approximate surface area is 182 Å². The first-order valence-corrected chi connectivity index (χ1v) is 11.2. The lowest BCUT2D eigenvalue weighted by Gasteiger charge is -2.15. The number of thioether (sulfide) groups is 1. The van der Waals surface area contributed by atoms with E-state index < -0.39 is 5.25 Å². The molecule has 0 radical (unpaired) electrons. The van der Waals surface area contributed by atoms with Gasteiger partial charge < -0.3 is 5.32 Å². The van der Waals surface area contributed by atoms with Crippen LogP contribution in [0.2, 0.25) is 0 Å². The maximum atomic E-state index is 13.1. The number of nitrogens with one attached hydrogen (secondary N) is 1. The van der Waals surface area contributed by atoms with E-state index in [-0.39, 0.29) is 24.3 Å². The zero-order valence-electron chi connectivity index (χ0n) is 17.9. The van der Waals surface area contributed by atoms with Crippen LogP contribution in [0.1, 0.15) is 41.5 Å². The molecule has 1 atom stereocenters. The van der Waals surface area contributed by atoms with Crippen molar-refractivity contribution in [1.82, 2.24) is 4.90 Å². The summed E-state index contributed by atoms with van der Waals surface area (Å²) in [5.74, 6) is -0.139. The third kappa shape index (κ3) is 4.43. The highest BCUT2D eigenvalue weighted by molar-refractivity contribution is 8.15. The second-order valence-electron chi connectivity index (χ2n) is 8.30. The summed E-state index contributed by atoms with van der Waals surface area (Å²) in [5.41, 5.74) is 6.05. The molecule has 4 rings (SSSR count). The second kappa shape index (κ2) is 8.26. The minimum Gasteiger partial charge on any atom is -0.326 e. The number of carbonyl (C=O) groups is 2. The SMILES string of the molecule is Cc1ccc(N=C2SC(CC(=O)Nc3cc(C)ccc3C)C(=O)N2C2CC2)c(C)c1. The van der Waals surface area contributed by atoms with Crippen molar-refractivity contribution in [2.75, 3.05) is 5.32 Å². The molecule has 1 aliphatic heterocycles. The monoisotopic (exact) mass is 421 g/mol. The fourth-order valence-electron chi connectivity index (χ4n) is 3.64. The van der Waals surface area contributed by atoms with Crippen LogP contribution in [0.3, 0.4) is 0 Å². The summed E-state index contributed by atoms with van der Waals surface area (Å²) in [6, 6.07) is 12.3. The molecule has 6 heteroatoms. The molecule has 2 aromatic rings. The fourth-order valence-corrected chi connectivity index (χ4v) is 4.84. The van der Waals surface area contributed by atoms with E-state index in [9.17, 15) is 9.59 Å². The lowest BCUT2D eigenvalue weighted by molar-refractivity contribution is -0.128. The molecule has 2 fully saturated rings. The Morgan fingerprint density at radius 1 is 1.07 bits per heavy atom. The van der Waals surface area contributed by atoms with Crippen LogP contribution < -0.4 is 5.32 Å². The largest absolute Gasteiger partial charge is 0.326 e. The van der Waals surface area contributed by atoms with Crippen molar-refractivity contribution in [2.24, 2.45) is 4.99 Å². The highest BCUT2D eigenvalue weighted by Gasteiger charge is 2.46. The Bertz CT molecular complexity index is 1040. The molecule has 1 saturated carbocycles. The smallest absolute Gasteiger partial charge is 0.242 e. The summed E-state index contributed by atoms with van der Waals surface area (Å²) >= 11 is 1.41. The van der Waals surface area contributed by atoms with Crippen LogP contribution in [0.25, 0.3) is 0 Å². The van der Waals surface area contributed by atoms with Gasteiger partial charge in [0.15, 0.2) is 5.17 Å². The Kier molecular flexibility index (Phi) is 5.69. The topological polar surface area (TPSA) is 61.8 Å². The van der Waals surface area contributed by atoms with Crippen molar-refractivity contribution >= 4 is 40.1 Å². The zero-order valence-corrected chi connectivity index (χ0v) is 18.7. The molecule has 2 amide bonds. The van der Waals surface area contributed by atoms with Gasteiger partial charge in [0.25, 0.3) is 0 Å². The average molecular weight is 422 g/mol. The van der Waals surface area contributed by atoms with E-state index in [1.165, 1.54) is 17.3 Å². The lowest BCUT2D eigenvalue weighted by Crippen LogP contribution is -2.35. The number of anilines is 1. The van der Waals surface area contributed by atoms with Gasteiger partial charge in [0.05, 0.1) is 5.69 Å². The van der Waals surface area contributed by atoms with Gasteiger partial charge >= 0.3 is 0 Å². The third-order valence-electron chi connectivity index (χ3n) is 5.48. The van der Waals surface area contributed by atoms with Gasteiger partial charge in [0, 0.05) is 18.2 Å². The molecule has 1 aliphatic carbocycles. The third-order valence-corrected chi connectivity index (χ3v) is 6.64. The Morgan fingerprint density at radius 2 is 1.77 bits per heavy atom. The molecule has 30 heavy (non-hydrogen) atoms. The number of carbonyl (C=O) groups excluding carboxylic acids is 2.